The normalized spacial score (nSPS) is 10.3. The third-order valence-corrected chi connectivity index (χ3v) is 3.71. The number of carbonyl (C=O) groups excluding carboxylic acids is 1. The van der Waals surface area contributed by atoms with Crippen molar-refractivity contribution >= 4 is 17.6 Å². The zero-order chi connectivity index (χ0) is 17.7. The van der Waals surface area contributed by atoms with E-state index < -0.39 is 5.97 Å². The monoisotopic (exact) mass is 327 g/mol. The second kappa shape index (κ2) is 7.59. The number of carboxylic acids is 1. The molecule has 0 aliphatic carbocycles. The lowest BCUT2D eigenvalue weighted by Crippen LogP contribution is -2.29. The van der Waals surface area contributed by atoms with Crippen molar-refractivity contribution in [3.05, 3.63) is 48.3 Å². The van der Waals surface area contributed by atoms with E-state index in [0.717, 1.165) is 16.8 Å². The van der Waals surface area contributed by atoms with Crippen molar-refractivity contribution in [3.63, 3.8) is 0 Å². The van der Waals surface area contributed by atoms with Crippen LogP contribution in [0.2, 0.25) is 0 Å². The number of benzene rings is 1. The summed E-state index contributed by atoms with van der Waals surface area (Å²) in [7, 11) is 5.54. The molecule has 1 aromatic carbocycles. The van der Waals surface area contributed by atoms with Gasteiger partial charge in [-0.2, -0.15) is 0 Å². The molecular formula is C18H21N3O3. The molecule has 1 aromatic heterocycles. The van der Waals surface area contributed by atoms with E-state index in [9.17, 15) is 9.59 Å². The van der Waals surface area contributed by atoms with E-state index in [-0.39, 0.29) is 18.9 Å². The number of hydrogen-bond donors (Lipinski definition) is 1. The first-order chi connectivity index (χ1) is 11.4. The van der Waals surface area contributed by atoms with Crippen molar-refractivity contribution in [3.8, 4) is 11.1 Å². The molecule has 6 nitrogen and oxygen atoms in total. The van der Waals surface area contributed by atoms with Gasteiger partial charge in [-0.05, 0) is 23.8 Å². The smallest absolute Gasteiger partial charge is 0.305 e. The van der Waals surface area contributed by atoms with Crippen molar-refractivity contribution < 1.29 is 14.7 Å². The van der Waals surface area contributed by atoms with Crippen molar-refractivity contribution in [2.24, 2.45) is 0 Å². The molecule has 0 saturated heterocycles. The number of nitrogens with zero attached hydrogens (tertiary/aromatic N) is 3. The predicted octanol–water partition coefficient (Wildman–Crippen LogP) is 2.36. The van der Waals surface area contributed by atoms with Crippen LogP contribution < -0.4 is 4.90 Å². The van der Waals surface area contributed by atoms with Crippen LogP contribution in [-0.2, 0) is 4.79 Å². The van der Waals surface area contributed by atoms with Gasteiger partial charge in [-0.3, -0.25) is 14.6 Å². The van der Waals surface area contributed by atoms with Crippen LogP contribution in [0.4, 0.5) is 5.69 Å². The van der Waals surface area contributed by atoms with Gasteiger partial charge in [-0.1, -0.05) is 12.1 Å². The molecule has 0 aliphatic rings. The largest absolute Gasteiger partial charge is 0.481 e. The second-order valence-corrected chi connectivity index (χ2v) is 5.77. The fourth-order valence-corrected chi connectivity index (χ4v) is 2.25. The lowest BCUT2D eigenvalue weighted by Gasteiger charge is -2.16. The van der Waals surface area contributed by atoms with Crippen LogP contribution in [0.3, 0.4) is 0 Å². The quantitative estimate of drug-likeness (QED) is 0.881. The van der Waals surface area contributed by atoms with Crippen LogP contribution in [0.15, 0.2) is 42.7 Å². The number of hydrogen-bond acceptors (Lipinski definition) is 4. The maximum Gasteiger partial charge on any atom is 0.305 e. The minimum atomic E-state index is -0.928. The van der Waals surface area contributed by atoms with Gasteiger partial charge >= 0.3 is 5.97 Å². The minimum absolute atomic E-state index is 0.0820. The molecule has 24 heavy (non-hydrogen) atoms. The van der Waals surface area contributed by atoms with Gasteiger partial charge in [0.15, 0.2) is 0 Å². The summed E-state index contributed by atoms with van der Waals surface area (Å²) in [4.78, 5) is 30.5. The Bertz CT molecular complexity index is 727. The maximum absolute atomic E-state index is 12.4. The zero-order valence-corrected chi connectivity index (χ0v) is 14.1. The molecule has 0 unspecified atom stereocenters. The number of pyridine rings is 1. The highest BCUT2D eigenvalue weighted by Gasteiger charge is 2.14. The Morgan fingerprint density at radius 1 is 1.04 bits per heavy atom. The van der Waals surface area contributed by atoms with E-state index in [0.29, 0.717) is 5.56 Å². The third kappa shape index (κ3) is 4.32. The topological polar surface area (TPSA) is 73.7 Å². The van der Waals surface area contributed by atoms with Crippen molar-refractivity contribution in [2.45, 2.75) is 6.42 Å². The first kappa shape index (κ1) is 17.5. The second-order valence-electron chi connectivity index (χ2n) is 5.77. The first-order valence-corrected chi connectivity index (χ1v) is 7.58. The van der Waals surface area contributed by atoms with Gasteiger partial charge in [-0.15, -0.1) is 0 Å². The Morgan fingerprint density at radius 2 is 1.71 bits per heavy atom. The number of carbonyl (C=O) groups is 2. The number of amides is 1. The summed E-state index contributed by atoms with van der Waals surface area (Å²) in [6, 6.07) is 9.74. The van der Waals surface area contributed by atoms with E-state index in [1.54, 1.807) is 19.3 Å². The molecular weight excluding hydrogens is 306 g/mol. The molecule has 0 fully saturated rings. The van der Waals surface area contributed by atoms with Crippen LogP contribution in [0, 0.1) is 0 Å². The SMILES string of the molecule is CN(CCC(=O)O)C(=O)c1cncc(-c2ccc(N(C)C)cc2)c1. The summed E-state index contributed by atoms with van der Waals surface area (Å²) in [6.07, 6.45) is 3.12. The third-order valence-electron chi connectivity index (χ3n) is 3.71. The molecule has 1 N–H and O–H groups in total. The van der Waals surface area contributed by atoms with Crippen LogP contribution in [0.25, 0.3) is 11.1 Å². The minimum Gasteiger partial charge on any atom is -0.481 e. The van der Waals surface area contributed by atoms with Crippen LogP contribution in [-0.4, -0.2) is 54.6 Å². The van der Waals surface area contributed by atoms with Gasteiger partial charge in [0.05, 0.1) is 12.0 Å². The summed E-state index contributed by atoms with van der Waals surface area (Å²) in [6.45, 7) is 0.163. The molecule has 2 aromatic rings. The lowest BCUT2D eigenvalue weighted by molar-refractivity contribution is -0.137. The number of aliphatic carboxylic acids is 1. The summed E-state index contributed by atoms with van der Waals surface area (Å²) < 4.78 is 0. The summed E-state index contributed by atoms with van der Waals surface area (Å²) >= 11 is 0. The highest BCUT2D eigenvalue weighted by molar-refractivity contribution is 5.95. The fourth-order valence-electron chi connectivity index (χ4n) is 2.25. The Kier molecular flexibility index (Phi) is 5.52. The van der Waals surface area contributed by atoms with E-state index in [2.05, 4.69) is 4.98 Å². The molecule has 0 spiro atoms. The summed E-state index contributed by atoms with van der Waals surface area (Å²) in [5.41, 5.74) is 3.35. The molecule has 1 heterocycles. The van der Waals surface area contributed by atoms with E-state index >= 15 is 0 Å². The number of anilines is 1. The van der Waals surface area contributed by atoms with Crippen LogP contribution in [0.1, 0.15) is 16.8 Å². The summed E-state index contributed by atoms with van der Waals surface area (Å²) in [5, 5.41) is 8.72. The molecule has 0 atom stereocenters. The first-order valence-electron chi connectivity index (χ1n) is 7.58. The molecule has 0 saturated carbocycles. The Balaban J connectivity index is 2.19. The van der Waals surface area contributed by atoms with Gasteiger partial charge in [0.25, 0.3) is 5.91 Å². The zero-order valence-electron chi connectivity index (χ0n) is 14.1. The lowest BCUT2D eigenvalue weighted by atomic mass is 10.1. The molecule has 0 aliphatic heterocycles. The fraction of sp³-hybridized carbons (Fsp3) is 0.278. The highest BCUT2D eigenvalue weighted by Crippen LogP contribution is 2.23. The summed E-state index contributed by atoms with van der Waals surface area (Å²) in [5.74, 6) is -1.17. The molecule has 6 heteroatoms. The molecule has 1 amide bonds. The van der Waals surface area contributed by atoms with Crippen molar-refractivity contribution in [1.29, 1.82) is 0 Å². The number of rotatable bonds is 6. The predicted molar refractivity (Wildman–Crippen MR) is 93.2 cm³/mol. The van der Waals surface area contributed by atoms with Crippen LogP contribution >= 0.6 is 0 Å². The number of aromatic nitrogens is 1. The molecule has 2 rings (SSSR count). The van der Waals surface area contributed by atoms with Gasteiger partial charge < -0.3 is 14.9 Å². The maximum atomic E-state index is 12.4. The Morgan fingerprint density at radius 3 is 2.29 bits per heavy atom. The average molecular weight is 327 g/mol. The van der Waals surface area contributed by atoms with Gasteiger partial charge in [0.1, 0.15) is 0 Å². The van der Waals surface area contributed by atoms with E-state index in [1.807, 2.05) is 43.3 Å². The molecule has 0 bridgehead atoms. The highest BCUT2D eigenvalue weighted by atomic mass is 16.4. The van der Waals surface area contributed by atoms with Gasteiger partial charge in [0, 0.05) is 51.3 Å². The van der Waals surface area contributed by atoms with Gasteiger partial charge in [0.2, 0.25) is 0 Å². The molecule has 126 valence electrons. The van der Waals surface area contributed by atoms with Crippen LogP contribution in [0.5, 0.6) is 0 Å². The van der Waals surface area contributed by atoms with E-state index in [4.69, 9.17) is 5.11 Å². The number of carboxylic acid groups (broad SMARTS) is 1. The molecule has 0 radical (unpaired) electrons. The standard InChI is InChI=1S/C18H21N3O3/c1-20(2)16-6-4-13(5-7-16)14-10-15(12-19-11-14)18(24)21(3)9-8-17(22)23/h4-7,10-12H,8-9H2,1-3H3,(H,22,23). The Hall–Kier alpha value is -2.89. The average Bonchev–Trinajstić information content (AvgIpc) is 2.59. The Labute approximate surface area is 141 Å². The van der Waals surface area contributed by atoms with Crippen molar-refractivity contribution in [2.75, 3.05) is 32.6 Å². The van der Waals surface area contributed by atoms with Crippen molar-refractivity contribution in [1.82, 2.24) is 9.88 Å². The van der Waals surface area contributed by atoms with E-state index in [1.165, 1.54) is 11.1 Å². The van der Waals surface area contributed by atoms with Gasteiger partial charge in [-0.25, -0.2) is 0 Å².